The molecule has 0 radical (unpaired) electrons. The number of benzene rings is 1. The molecule has 0 bridgehead atoms. The third-order valence-corrected chi connectivity index (χ3v) is 7.05. The van der Waals surface area contributed by atoms with Crippen LogP contribution in [0.25, 0.3) is 0 Å². The SMILES string of the molecule is CS(=O)(=O)CC[C@@H]1NC(=O)N(CC(=O)N(Cc2cccs2)c2ccc3c(c2)OCCO3)C1=O. The van der Waals surface area contributed by atoms with E-state index in [0.717, 1.165) is 16.0 Å². The maximum absolute atomic E-state index is 13.3. The van der Waals surface area contributed by atoms with Gasteiger partial charge in [-0.1, -0.05) is 6.07 Å². The smallest absolute Gasteiger partial charge is 0.325 e. The van der Waals surface area contributed by atoms with Gasteiger partial charge in [-0.15, -0.1) is 11.3 Å². The number of rotatable bonds is 8. The second kappa shape index (κ2) is 9.40. The first kappa shape index (κ1) is 23.1. The molecule has 0 saturated carbocycles. The van der Waals surface area contributed by atoms with Crippen LogP contribution in [0, 0.1) is 0 Å². The van der Waals surface area contributed by atoms with Crippen LogP contribution in [0.5, 0.6) is 11.5 Å². The van der Waals surface area contributed by atoms with E-state index in [0.29, 0.717) is 30.4 Å². The number of hydrogen-bond donors (Lipinski definition) is 1. The van der Waals surface area contributed by atoms with Crippen LogP contribution in [-0.4, -0.2) is 69.0 Å². The number of thiophene rings is 1. The number of imide groups is 1. The fraction of sp³-hybridized carbons (Fsp3) is 0.381. The molecule has 1 fully saturated rings. The molecule has 1 saturated heterocycles. The van der Waals surface area contributed by atoms with Crippen LogP contribution in [0.2, 0.25) is 0 Å². The van der Waals surface area contributed by atoms with Crippen LogP contribution < -0.4 is 19.7 Å². The monoisotopic (exact) mass is 493 g/mol. The van der Waals surface area contributed by atoms with Crippen molar-refractivity contribution in [2.75, 3.05) is 36.7 Å². The van der Waals surface area contributed by atoms with Gasteiger partial charge in [0.2, 0.25) is 5.91 Å². The van der Waals surface area contributed by atoms with Crippen molar-refractivity contribution in [3.8, 4) is 11.5 Å². The molecule has 10 nitrogen and oxygen atoms in total. The van der Waals surface area contributed by atoms with Gasteiger partial charge in [-0.25, -0.2) is 13.2 Å². The van der Waals surface area contributed by atoms with Gasteiger partial charge in [0.05, 0.1) is 12.3 Å². The molecule has 3 heterocycles. The molecule has 12 heteroatoms. The lowest BCUT2D eigenvalue weighted by molar-refractivity contribution is -0.131. The van der Waals surface area contributed by atoms with Crippen molar-refractivity contribution in [1.82, 2.24) is 10.2 Å². The number of hydrogen-bond acceptors (Lipinski definition) is 8. The summed E-state index contributed by atoms with van der Waals surface area (Å²) in [5.74, 6) is -0.231. The summed E-state index contributed by atoms with van der Waals surface area (Å²) in [6, 6.07) is 7.20. The number of nitrogens with zero attached hydrogens (tertiary/aromatic N) is 2. The summed E-state index contributed by atoms with van der Waals surface area (Å²) < 4.78 is 34.0. The number of urea groups is 1. The summed E-state index contributed by atoms with van der Waals surface area (Å²) in [7, 11) is -3.30. The highest BCUT2D eigenvalue weighted by molar-refractivity contribution is 7.90. The number of sulfone groups is 1. The fourth-order valence-corrected chi connectivity index (χ4v) is 4.91. The molecule has 1 aromatic carbocycles. The third kappa shape index (κ3) is 5.45. The zero-order valence-corrected chi connectivity index (χ0v) is 19.5. The van der Waals surface area contributed by atoms with Crippen molar-refractivity contribution in [2.24, 2.45) is 0 Å². The predicted molar refractivity (Wildman–Crippen MR) is 121 cm³/mol. The molecule has 0 unspecified atom stereocenters. The first-order valence-electron chi connectivity index (χ1n) is 10.2. The van der Waals surface area contributed by atoms with E-state index >= 15 is 0 Å². The summed E-state index contributed by atoms with van der Waals surface area (Å²) in [6.45, 7) is 0.612. The molecular weight excluding hydrogens is 470 g/mol. The Morgan fingerprint density at radius 1 is 1.21 bits per heavy atom. The van der Waals surface area contributed by atoms with Crippen molar-refractivity contribution in [3.63, 3.8) is 0 Å². The molecule has 0 aliphatic carbocycles. The largest absolute Gasteiger partial charge is 0.486 e. The molecule has 1 atom stereocenters. The zero-order valence-electron chi connectivity index (χ0n) is 17.9. The second-order valence-corrected chi connectivity index (χ2v) is 11.0. The van der Waals surface area contributed by atoms with Gasteiger partial charge >= 0.3 is 6.03 Å². The number of amides is 4. The first-order valence-corrected chi connectivity index (χ1v) is 13.2. The van der Waals surface area contributed by atoms with E-state index < -0.39 is 40.3 Å². The number of nitrogens with one attached hydrogen (secondary N) is 1. The van der Waals surface area contributed by atoms with Gasteiger partial charge in [0, 0.05) is 22.9 Å². The maximum Gasteiger partial charge on any atom is 0.325 e. The Morgan fingerprint density at radius 3 is 2.67 bits per heavy atom. The van der Waals surface area contributed by atoms with Crippen LogP contribution in [0.4, 0.5) is 10.5 Å². The molecule has 33 heavy (non-hydrogen) atoms. The van der Waals surface area contributed by atoms with Gasteiger partial charge in [0.15, 0.2) is 11.5 Å². The highest BCUT2D eigenvalue weighted by Gasteiger charge is 2.40. The number of ether oxygens (including phenoxy) is 2. The van der Waals surface area contributed by atoms with E-state index in [9.17, 15) is 22.8 Å². The molecule has 4 amide bonds. The molecule has 0 spiro atoms. The minimum absolute atomic E-state index is 0.0465. The highest BCUT2D eigenvalue weighted by atomic mass is 32.2. The van der Waals surface area contributed by atoms with Crippen LogP contribution >= 0.6 is 11.3 Å². The van der Waals surface area contributed by atoms with Crippen molar-refractivity contribution in [2.45, 2.75) is 19.0 Å². The Labute approximate surface area is 195 Å². The Morgan fingerprint density at radius 2 is 1.97 bits per heavy atom. The zero-order chi connectivity index (χ0) is 23.6. The average molecular weight is 494 g/mol. The first-order chi connectivity index (χ1) is 15.7. The molecule has 4 rings (SSSR count). The molecule has 1 N–H and O–H groups in total. The molecular formula is C21H23N3O7S2. The minimum atomic E-state index is -3.30. The normalized spacial score (nSPS) is 17.7. The van der Waals surface area contributed by atoms with Gasteiger partial charge in [0.25, 0.3) is 5.91 Å². The highest BCUT2D eigenvalue weighted by Crippen LogP contribution is 2.35. The van der Waals surface area contributed by atoms with Crippen LogP contribution in [0.15, 0.2) is 35.7 Å². The maximum atomic E-state index is 13.3. The standard InChI is InChI=1S/C21H23N3O7S2/c1-33(28,29)10-6-16-20(26)24(21(27)22-16)13-19(25)23(12-15-3-2-9-32-15)14-4-5-17-18(11-14)31-8-7-30-17/h2-5,9,11,16H,6-8,10,12-13H2,1H3,(H,22,27)/t16-/m0/s1. The molecule has 2 aromatic rings. The lowest BCUT2D eigenvalue weighted by atomic mass is 10.2. The lowest BCUT2D eigenvalue weighted by Gasteiger charge is -2.26. The quantitative estimate of drug-likeness (QED) is 0.552. The van der Waals surface area contributed by atoms with Crippen LogP contribution in [0.1, 0.15) is 11.3 Å². The Balaban J connectivity index is 1.53. The number of carbonyl (C=O) groups excluding carboxylic acids is 3. The predicted octanol–water partition coefficient (Wildman–Crippen LogP) is 1.41. The molecule has 2 aliphatic heterocycles. The summed E-state index contributed by atoms with van der Waals surface area (Å²) >= 11 is 1.48. The van der Waals surface area contributed by atoms with E-state index in [2.05, 4.69) is 5.32 Å². The Hall–Kier alpha value is -3.12. The Kier molecular flexibility index (Phi) is 6.56. The number of carbonyl (C=O) groups is 3. The molecule has 1 aromatic heterocycles. The minimum Gasteiger partial charge on any atom is -0.486 e. The third-order valence-electron chi connectivity index (χ3n) is 5.21. The molecule has 2 aliphatic rings. The van der Waals surface area contributed by atoms with Crippen molar-refractivity contribution >= 4 is 44.7 Å². The van der Waals surface area contributed by atoms with E-state index in [1.165, 1.54) is 16.2 Å². The fourth-order valence-electron chi connectivity index (χ4n) is 3.56. The summed E-state index contributed by atoms with van der Waals surface area (Å²) in [4.78, 5) is 41.6. The summed E-state index contributed by atoms with van der Waals surface area (Å²) in [5.41, 5.74) is 0.540. The average Bonchev–Trinajstić information content (AvgIpc) is 3.38. The number of fused-ring (bicyclic) bond motifs is 1. The number of anilines is 1. The van der Waals surface area contributed by atoms with E-state index in [1.54, 1.807) is 18.2 Å². The van der Waals surface area contributed by atoms with Crippen molar-refractivity contribution in [1.29, 1.82) is 0 Å². The van der Waals surface area contributed by atoms with Crippen LogP contribution in [-0.2, 0) is 26.0 Å². The lowest BCUT2D eigenvalue weighted by Crippen LogP contribution is -2.43. The van der Waals surface area contributed by atoms with Gasteiger partial charge < -0.3 is 19.7 Å². The van der Waals surface area contributed by atoms with Gasteiger partial charge in [-0.3, -0.25) is 14.5 Å². The summed E-state index contributed by atoms with van der Waals surface area (Å²) in [5, 5.41) is 4.36. The van der Waals surface area contributed by atoms with Gasteiger partial charge in [0.1, 0.15) is 35.6 Å². The van der Waals surface area contributed by atoms with Gasteiger partial charge in [-0.05, 0) is 30.0 Å². The Bertz CT molecular complexity index is 1160. The van der Waals surface area contributed by atoms with Crippen molar-refractivity contribution < 1.29 is 32.3 Å². The second-order valence-electron chi connectivity index (χ2n) is 7.73. The van der Waals surface area contributed by atoms with Gasteiger partial charge in [-0.2, -0.15) is 0 Å². The molecule has 176 valence electrons. The topological polar surface area (TPSA) is 122 Å². The van der Waals surface area contributed by atoms with Crippen molar-refractivity contribution in [3.05, 3.63) is 40.6 Å². The summed E-state index contributed by atoms with van der Waals surface area (Å²) in [6.07, 6.45) is 1.01. The van der Waals surface area contributed by atoms with E-state index in [4.69, 9.17) is 9.47 Å². The van der Waals surface area contributed by atoms with Crippen LogP contribution in [0.3, 0.4) is 0 Å². The van der Waals surface area contributed by atoms with E-state index in [1.807, 2.05) is 17.5 Å². The van der Waals surface area contributed by atoms with E-state index in [-0.39, 0.29) is 18.7 Å².